The van der Waals surface area contributed by atoms with Crippen molar-refractivity contribution in [2.45, 2.75) is 52.6 Å². The molecule has 2 nitrogen and oxygen atoms in total. The van der Waals surface area contributed by atoms with Gasteiger partial charge in [0.1, 0.15) is 6.29 Å². The maximum absolute atomic E-state index is 11.3. The third-order valence-corrected chi connectivity index (χ3v) is 5.02. The Labute approximate surface area is 115 Å². The van der Waals surface area contributed by atoms with Crippen molar-refractivity contribution in [2.24, 2.45) is 11.3 Å². The summed E-state index contributed by atoms with van der Waals surface area (Å²) in [6.45, 7) is 8.35. The molecule has 0 saturated heterocycles. The zero-order valence-electron chi connectivity index (χ0n) is 12.4. The van der Waals surface area contributed by atoms with Crippen molar-refractivity contribution < 1.29 is 9.90 Å². The van der Waals surface area contributed by atoms with E-state index in [1.54, 1.807) is 0 Å². The lowest BCUT2D eigenvalue weighted by Gasteiger charge is -2.51. The van der Waals surface area contributed by atoms with Crippen LogP contribution < -0.4 is 0 Å². The Hall–Kier alpha value is -1.15. The Balaban J connectivity index is 2.53. The first-order valence-corrected chi connectivity index (χ1v) is 7.11. The highest BCUT2D eigenvalue weighted by Crippen LogP contribution is 2.53. The number of hydrogen-bond acceptors (Lipinski definition) is 2. The number of aryl methyl sites for hydroxylation is 1. The second-order valence-electron chi connectivity index (χ2n) is 6.63. The summed E-state index contributed by atoms with van der Waals surface area (Å²) < 4.78 is 0. The van der Waals surface area contributed by atoms with Crippen molar-refractivity contribution in [3.8, 4) is 0 Å². The fraction of sp³-hybridized carbons (Fsp3) is 0.588. The predicted octanol–water partition coefficient (Wildman–Crippen LogP) is 3.84. The molecule has 0 aliphatic heterocycles. The Kier molecular flexibility index (Phi) is 3.57. The average Bonchev–Trinajstić information content (AvgIpc) is 2.35. The van der Waals surface area contributed by atoms with Crippen molar-refractivity contribution in [3.05, 3.63) is 34.9 Å². The molecule has 0 spiro atoms. The summed E-state index contributed by atoms with van der Waals surface area (Å²) in [7, 11) is 0. The molecule has 0 unspecified atom stereocenters. The first kappa shape index (κ1) is 14.3. The minimum atomic E-state index is -0.808. The van der Waals surface area contributed by atoms with Crippen LogP contribution in [-0.4, -0.2) is 11.4 Å². The van der Waals surface area contributed by atoms with Crippen molar-refractivity contribution in [1.29, 1.82) is 0 Å². The van der Waals surface area contributed by atoms with Crippen LogP contribution in [0.1, 0.15) is 61.5 Å². The van der Waals surface area contributed by atoms with E-state index in [2.05, 4.69) is 20.8 Å². The van der Waals surface area contributed by atoms with Crippen LogP contribution in [-0.2, 0) is 5.60 Å². The van der Waals surface area contributed by atoms with Crippen LogP contribution in [0.15, 0.2) is 18.2 Å². The molecule has 1 N–H and O–H groups in total. The first-order chi connectivity index (χ1) is 8.83. The maximum Gasteiger partial charge on any atom is 0.150 e. The number of hydrogen-bond donors (Lipinski definition) is 1. The molecule has 0 heterocycles. The molecule has 1 saturated carbocycles. The van der Waals surface area contributed by atoms with Gasteiger partial charge < -0.3 is 5.11 Å². The maximum atomic E-state index is 11.3. The Bertz CT molecular complexity index is 490. The zero-order valence-corrected chi connectivity index (χ0v) is 12.4. The van der Waals surface area contributed by atoms with E-state index in [1.165, 1.54) is 6.42 Å². The lowest BCUT2D eigenvalue weighted by Crippen LogP contribution is -2.49. The number of carbonyl (C=O) groups is 1. The summed E-state index contributed by atoms with van der Waals surface area (Å²) in [5.41, 5.74) is 1.65. The van der Waals surface area contributed by atoms with Gasteiger partial charge in [0, 0.05) is 5.56 Å². The van der Waals surface area contributed by atoms with Crippen LogP contribution in [0.25, 0.3) is 0 Å². The van der Waals surface area contributed by atoms with Gasteiger partial charge in [0.2, 0.25) is 0 Å². The number of aldehydes is 1. The molecular weight excluding hydrogens is 236 g/mol. The molecule has 0 radical (unpaired) electrons. The van der Waals surface area contributed by atoms with E-state index in [0.29, 0.717) is 5.56 Å². The second-order valence-corrected chi connectivity index (χ2v) is 6.63. The summed E-state index contributed by atoms with van der Waals surface area (Å²) in [5.74, 6) is 0.234. The molecule has 1 aliphatic carbocycles. The van der Waals surface area contributed by atoms with Gasteiger partial charge in [-0.2, -0.15) is 0 Å². The van der Waals surface area contributed by atoms with Crippen LogP contribution in [0.3, 0.4) is 0 Å². The normalized spacial score (nSPS) is 30.1. The van der Waals surface area contributed by atoms with Crippen molar-refractivity contribution in [2.75, 3.05) is 0 Å². The molecule has 1 aromatic carbocycles. The molecule has 1 aliphatic rings. The van der Waals surface area contributed by atoms with E-state index >= 15 is 0 Å². The Morgan fingerprint density at radius 1 is 1.37 bits per heavy atom. The van der Waals surface area contributed by atoms with E-state index in [4.69, 9.17) is 0 Å². The highest BCUT2D eigenvalue weighted by Gasteiger charge is 2.50. The highest BCUT2D eigenvalue weighted by molar-refractivity contribution is 5.77. The number of aliphatic hydroxyl groups is 1. The van der Waals surface area contributed by atoms with Crippen molar-refractivity contribution in [1.82, 2.24) is 0 Å². The van der Waals surface area contributed by atoms with Gasteiger partial charge in [0.15, 0.2) is 0 Å². The fourth-order valence-electron chi connectivity index (χ4n) is 3.64. The molecular formula is C17H24O2. The summed E-state index contributed by atoms with van der Waals surface area (Å²) >= 11 is 0. The minimum Gasteiger partial charge on any atom is -0.384 e. The lowest BCUT2D eigenvalue weighted by atomic mass is 9.58. The third kappa shape index (κ3) is 2.12. The number of rotatable bonds is 2. The van der Waals surface area contributed by atoms with Gasteiger partial charge in [-0.05, 0) is 42.2 Å². The van der Waals surface area contributed by atoms with Gasteiger partial charge in [-0.3, -0.25) is 4.79 Å². The largest absolute Gasteiger partial charge is 0.384 e. The monoisotopic (exact) mass is 260 g/mol. The SMILES string of the molecule is Cc1cc([C@@]2(O)[C@@H](C)CCCC2(C)C)ccc1C=O. The van der Waals surface area contributed by atoms with E-state index < -0.39 is 5.60 Å². The third-order valence-electron chi connectivity index (χ3n) is 5.02. The molecule has 2 heteroatoms. The number of benzene rings is 1. The number of carbonyl (C=O) groups excluding carboxylic acids is 1. The molecule has 104 valence electrons. The van der Waals surface area contributed by atoms with Crippen molar-refractivity contribution >= 4 is 6.29 Å². The van der Waals surface area contributed by atoms with Crippen LogP contribution in [0.4, 0.5) is 0 Å². The molecule has 0 aromatic heterocycles. The average molecular weight is 260 g/mol. The van der Waals surface area contributed by atoms with Gasteiger partial charge in [-0.25, -0.2) is 0 Å². The molecule has 0 amide bonds. The predicted molar refractivity (Wildman–Crippen MR) is 77.3 cm³/mol. The van der Waals surface area contributed by atoms with Gasteiger partial charge in [-0.1, -0.05) is 45.4 Å². The summed E-state index contributed by atoms with van der Waals surface area (Å²) in [4.78, 5) is 10.9. The smallest absolute Gasteiger partial charge is 0.150 e. The highest BCUT2D eigenvalue weighted by atomic mass is 16.3. The summed E-state index contributed by atoms with van der Waals surface area (Å²) in [5, 5.41) is 11.3. The topological polar surface area (TPSA) is 37.3 Å². The first-order valence-electron chi connectivity index (χ1n) is 7.11. The van der Waals surface area contributed by atoms with Gasteiger partial charge >= 0.3 is 0 Å². The lowest BCUT2D eigenvalue weighted by molar-refractivity contribution is -0.140. The summed E-state index contributed by atoms with van der Waals surface area (Å²) in [6, 6.07) is 5.72. The molecule has 0 bridgehead atoms. The van der Waals surface area contributed by atoms with Gasteiger partial charge in [-0.15, -0.1) is 0 Å². The summed E-state index contributed by atoms with van der Waals surface area (Å²) in [6.07, 6.45) is 4.12. The molecule has 2 atom stereocenters. The van der Waals surface area contributed by atoms with Crippen LogP contribution in [0.5, 0.6) is 0 Å². The van der Waals surface area contributed by atoms with Crippen LogP contribution in [0, 0.1) is 18.3 Å². The molecule has 2 rings (SSSR count). The zero-order chi connectivity index (χ0) is 14.3. The van der Waals surface area contributed by atoms with E-state index in [0.717, 1.165) is 30.3 Å². The standard InChI is InChI=1S/C17H24O2/c1-12-10-15(8-7-14(12)11-18)17(19)13(2)6-5-9-16(17,3)4/h7-8,10-11,13,19H,5-6,9H2,1-4H3/t13-,17-/m0/s1. The minimum absolute atomic E-state index is 0.139. The molecule has 19 heavy (non-hydrogen) atoms. The van der Waals surface area contributed by atoms with E-state index in [9.17, 15) is 9.90 Å². The van der Waals surface area contributed by atoms with Gasteiger partial charge in [0.05, 0.1) is 5.60 Å². The Morgan fingerprint density at radius 3 is 2.58 bits per heavy atom. The molecule has 1 fully saturated rings. The van der Waals surface area contributed by atoms with Crippen LogP contribution in [0.2, 0.25) is 0 Å². The fourth-order valence-corrected chi connectivity index (χ4v) is 3.64. The quantitative estimate of drug-likeness (QED) is 0.820. The van der Waals surface area contributed by atoms with E-state index in [-0.39, 0.29) is 11.3 Å². The Morgan fingerprint density at radius 2 is 2.05 bits per heavy atom. The second kappa shape index (κ2) is 4.75. The van der Waals surface area contributed by atoms with Gasteiger partial charge in [0.25, 0.3) is 0 Å². The molecule has 1 aromatic rings. The van der Waals surface area contributed by atoms with Crippen molar-refractivity contribution in [3.63, 3.8) is 0 Å². The van der Waals surface area contributed by atoms with Crippen LogP contribution >= 0.6 is 0 Å². The van der Waals surface area contributed by atoms with E-state index in [1.807, 2.05) is 25.1 Å².